The van der Waals surface area contributed by atoms with Crippen LogP contribution in [-0.4, -0.2) is 71.7 Å². The molecule has 0 aliphatic carbocycles. The number of likely N-dealkylation sites (tertiary alicyclic amines) is 1. The highest BCUT2D eigenvalue weighted by Gasteiger charge is 2.44. The third-order valence-electron chi connectivity index (χ3n) is 5.37. The van der Waals surface area contributed by atoms with Crippen LogP contribution in [0.5, 0.6) is 0 Å². The minimum atomic E-state index is -0.396. The number of aromatic nitrogens is 2. The molecule has 3 aliphatic heterocycles. The lowest BCUT2D eigenvalue weighted by atomic mass is 9.88. The van der Waals surface area contributed by atoms with Crippen LogP contribution in [0, 0.1) is 5.92 Å². The van der Waals surface area contributed by atoms with Gasteiger partial charge in [0, 0.05) is 19.7 Å². The molecule has 4 heterocycles. The van der Waals surface area contributed by atoms with Crippen molar-refractivity contribution < 1.29 is 19.1 Å². The van der Waals surface area contributed by atoms with Gasteiger partial charge in [0.15, 0.2) is 0 Å². The summed E-state index contributed by atoms with van der Waals surface area (Å²) in [4.78, 5) is 36.4. The molecule has 0 radical (unpaired) electrons. The Balaban J connectivity index is 1.41. The third-order valence-corrected chi connectivity index (χ3v) is 5.37. The third kappa shape index (κ3) is 3.23. The monoisotopic (exact) mass is 346 g/mol. The van der Waals surface area contributed by atoms with E-state index in [0.717, 1.165) is 19.3 Å². The smallest absolute Gasteiger partial charge is 0.253 e. The van der Waals surface area contributed by atoms with Gasteiger partial charge in [0.1, 0.15) is 12.9 Å². The second-order valence-electron chi connectivity index (χ2n) is 6.93. The average molecular weight is 346 g/mol. The number of rotatable bonds is 2. The van der Waals surface area contributed by atoms with Gasteiger partial charge in [-0.3, -0.25) is 9.59 Å². The summed E-state index contributed by atoms with van der Waals surface area (Å²) in [5.41, 5.74) is 0.295. The van der Waals surface area contributed by atoms with Crippen molar-refractivity contribution in [3.63, 3.8) is 0 Å². The zero-order chi connectivity index (χ0) is 17.3. The molecule has 1 spiro atoms. The lowest BCUT2D eigenvalue weighted by Gasteiger charge is -2.47. The van der Waals surface area contributed by atoms with Gasteiger partial charge < -0.3 is 19.3 Å². The number of morpholine rings is 1. The molecular weight excluding hydrogens is 324 g/mol. The molecule has 3 saturated heterocycles. The van der Waals surface area contributed by atoms with E-state index < -0.39 is 5.60 Å². The zero-order valence-corrected chi connectivity index (χ0v) is 14.1. The second-order valence-corrected chi connectivity index (χ2v) is 6.93. The van der Waals surface area contributed by atoms with Crippen LogP contribution < -0.4 is 4.90 Å². The molecule has 3 aliphatic rings. The van der Waals surface area contributed by atoms with Gasteiger partial charge in [-0.2, -0.15) is 0 Å². The van der Waals surface area contributed by atoms with Gasteiger partial charge in [0.25, 0.3) is 5.91 Å². The second kappa shape index (κ2) is 6.68. The first-order chi connectivity index (χ1) is 12.2. The number of amides is 2. The molecule has 134 valence electrons. The molecule has 1 aromatic heterocycles. The number of hydrogen-bond donors (Lipinski definition) is 0. The minimum absolute atomic E-state index is 0.000804. The molecule has 0 bridgehead atoms. The zero-order valence-electron chi connectivity index (χ0n) is 14.1. The fourth-order valence-electron chi connectivity index (χ4n) is 3.81. The molecular formula is C17H22N4O4. The van der Waals surface area contributed by atoms with Crippen LogP contribution >= 0.6 is 0 Å². The number of hydrogen-bond acceptors (Lipinski definition) is 6. The van der Waals surface area contributed by atoms with E-state index in [-0.39, 0.29) is 24.3 Å². The molecule has 8 nitrogen and oxygen atoms in total. The van der Waals surface area contributed by atoms with E-state index >= 15 is 0 Å². The molecule has 1 aromatic rings. The highest BCUT2D eigenvalue weighted by Crippen LogP contribution is 2.33. The Morgan fingerprint density at radius 2 is 2.00 bits per heavy atom. The van der Waals surface area contributed by atoms with Gasteiger partial charge in [-0.1, -0.05) is 0 Å². The maximum Gasteiger partial charge on any atom is 0.253 e. The Hall–Kier alpha value is -2.06. The van der Waals surface area contributed by atoms with Crippen molar-refractivity contribution in [1.82, 2.24) is 14.9 Å². The summed E-state index contributed by atoms with van der Waals surface area (Å²) in [6.07, 6.45) is 6.99. The SMILES string of the molecule is O=C(C1CCOC1)N1CCC2(CC1)CN(c1cncnc1)C(=O)CO2. The summed E-state index contributed by atoms with van der Waals surface area (Å²) in [6.45, 7) is 3.05. The highest BCUT2D eigenvalue weighted by molar-refractivity contribution is 5.94. The van der Waals surface area contributed by atoms with Gasteiger partial charge in [-0.05, 0) is 19.3 Å². The summed E-state index contributed by atoms with van der Waals surface area (Å²) in [6, 6.07) is 0. The Bertz CT molecular complexity index is 639. The summed E-state index contributed by atoms with van der Waals surface area (Å²) in [7, 11) is 0. The molecule has 0 saturated carbocycles. The van der Waals surface area contributed by atoms with Crippen molar-refractivity contribution in [3.05, 3.63) is 18.7 Å². The lowest BCUT2D eigenvalue weighted by Crippen LogP contribution is -2.59. The lowest BCUT2D eigenvalue weighted by molar-refractivity contribution is -0.152. The largest absolute Gasteiger partial charge is 0.381 e. The molecule has 0 aromatic carbocycles. The van der Waals surface area contributed by atoms with Crippen molar-refractivity contribution >= 4 is 17.5 Å². The van der Waals surface area contributed by atoms with Gasteiger partial charge >= 0.3 is 0 Å². The predicted molar refractivity (Wildman–Crippen MR) is 87.8 cm³/mol. The average Bonchev–Trinajstić information content (AvgIpc) is 3.20. The molecule has 0 N–H and O–H groups in total. The van der Waals surface area contributed by atoms with Gasteiger partial charge in [-0.25, -0.2) is 9.97 Å². The maximum atomic E-state index is 12.5. The van der Waals surface area contributed by atoms with E-state index in [0.29, 0.717) is 38.5 Å². The van der Waals surface area contributed by atoms with Gasteiger partial charge in [-0.15, -0.1) is 0 Å². The van der Waals surface area contributed by atoms with Crippen LogP contribution in [0.3, 0.4) is 0 Å². The summed E-state index contributed by atoms with van der Waals surface area (Å²) in [5, 5.41) is 0. The molecule has 25 heavy (non-hydrogen) atoms. The van der Waals surface area contributed by atoms with Crippen LogP contribution in [0.2, 0.25) is 0 Å². The normalized spacial score (nSPS) is 26.2. The number of piperidine rings is 1. The summed E-state index contributed by atoms with van der Waals surface area (Å²) in [5.74, 6) is 0.107. The maximum absolute atomic E-state index is 12.5. The number of nitrogens with zero attached hydrogens (tertiary/aromatic N) is 4. The Morgan fingerprint density at radius 1 is 1.24 bits per heavy atom. The standard InChI is InChI=1S/C17H22N4O4/c22-15-10-25-17(11-21(15)14-7-18-12-19-8-14)2-4-20(5-3-17)16(23)13-1-6-24-9-13/h7-8,12-13H,1-6,9-11H2. The predicted octanol–water partition coefficient (Wildman–Crippen LogP) is 0.238. The highest BCUT2D eigenvalue weighted by atomic mass is 16.5. The number of carbonyl (C=O) groups is 2. The molecule has 2 amide bonds. The van der Waals surface area contributed by atoms with Crippen molar-refractivity contribution in [2.24, 2.45) is 5.92 Å². The van der Waals surface area contributed by atoms with E-state index in [2.05, 4.69) is 9.97 Å². The molecule has 1 unspecified atom stereocenters. The topological polar surface area (TPSA) is 84.9 Å². The Morgan fingerprint density at radius 3 is 2.68 bits per heavy atom. The van der Waals surface area contributed by atoms with Crippen LogP contribution in [0.15, 0.2) is 18.7 Å². The molecule has 8 heteroatoms. The van der Waals surface area contributed by atoms with E-state index in [1.807, 2.05) is 4.90 Å². The molecule has 3 fully saturated rings. The first-order valence-corrected chi connectivity index (χ1v) is 8.73. The first kappa shape index (κ1) is 16.4. The fourth-order valence-corrected chi connectivity index (χ4v) is 3.81. The van der Waals surface area contributed by atoms with E-state index in [1.165, 1.54) is 6.33 Å². The number of carbonyl (C=O) groups excluding carboxylic acids is 2. The molecule has 1 atom stereocenters. The van der Waals surface area contributed by atoms with Crippen molar-refractivity contribution in [1.29, 1.82) is 0 Å². The Labute approximate surface area is 146 Å². The molecule has 4 rings (SSSR count). The van der Waals surface area contributed by atoms with Crippen molar-refractivity contribution in [3.8, 4) is 0 Å². The van der Waals surface area contributed by atoms with Crippen LogP contribution in [-0.2, 0) is 19.1 Å². The Kier molecular flexibility index (Phi) is 4.39. The van der Waals surface area contributed by atoms with Crippen LogP contribution in [0.4, 0.5) is 5.69 Å². The van der Waals surface area contributed by atoms with Gasteiger partial charge in [0.05, 0.1) is 42.8 Å². The minimum Gasteiger partial charge on any atom is -0.381 e. The van der Waals surface area contributed by atoms with E-state index in [9.17, 15) is 9.59 Å². The number of ether oxygens (including phenoxy) is 2. The van der Waals surface area contributed by atoms with E-state index in [1.54, 1.807) is 17.3 Å². The van der Waals surface area contributed by atoms with Crippen molar-refractivity contribution in [2.75, 3.05) is 44.4 Å². The quantitative estimate of drug-likeness (QED) is 0.763. The van der Waals surface area contributed by atoms with Crippen LogP contribution in [0.1, 0.15) is 19.3 Å². The van der Waals surface area contributed by atoms with Gasteiger partial charge in [0.2, 0.25) is 5.91 Å². The first-order valence-electron chi connectivity index (χ1n) is 8.73. The van der Waals surface area contributed by atoms with Crippen molar-refractivity contribution in [2.45, 2.75) is 24.9 Å². The summed E-state index contributed by atoms with van der Waals surface area (Å²) < 4.78 is 11.3. The number of anilines is 1. The van der Waals surface area contributed by atoms with Crippen LogP contribution in [0.25, 0.3) is 0 Å². The fraction of sp³-hybridized carbons (Fsp3) is 0.647. The summed E-state index contributed by atoms with van der Waals surface area (Å²) >= 11 is 0. The van der Waals surface area contributed by atoms with E-state index in [4.69, 9.17) is 9.47 Å².